The van der Waals surface area contributed by atoms with Crippen molar-refractivity contribution < 1.29 is 19.6 Å². The van der Waals surface area contributed by atoms with Crippen LogP contribution in [-0.4, -0.2) is 36.5 Å². The van der Waals surface area contributed by atoms with Gasteiger partial charge in [-0.1, -0.05) is 0 Å². The van der Waals surface area contributed by atoms with Gasteiger partial charge < -0.3 is 20.5 Å². The number of nitrogens with one attached hydrogen (secondary N) is 1. The first-order valence-corrected chi connectivity index (χ1v) is 4.67. The van der Waals surface area contributed by atoms with Gasteiger partial charge in [0.1, 0.15) is 5.75 Å². The minimum atomic E-state index is -1.65. The first kappa shape index (κ1) is 13.0. The molecule has 0 unspecified atom stereocenters. The normalized spacial score (nSPS) is 10.3. The Morgan fingerprint density at radius 2 is 2.29 bits per heavy atom. The number of primary amides is 1. The molecule has 0 fully saturated rings. The molecule has 1 rings (SSSR count). The lowest BCUT2D eigenvalue weighted by Gasteiger charge is -2.07. The molecule has 2 amide bonds. The van der Waals surface area contributed by atoms with E-state index < -0.39 is 13.1 Å². The summed E-state index contributed by atoms with van der Waals surface area (Å²) in [5, 5.41) is 21.8. The number of nitrogens with two attached hydrogens (primary N) is 1. The van der Waals surface area contributed by atoms with E-state index in [1.165, 1.54) is 19.4 Å². The minimum Gasteiger partial charge on any atom is -0.497 e. The average molecular weight is 237 g/mol. The molecule has 0 saturated carbocycles. The molecule has 5 N–H and O–H groups in total. The van der Waals surface area contributed by atoms with Crippen molar-refractivity contribution in [1.29, 1.82) is 0 Å². The van der Waals surface area contributed by atoms with E-state index in [0.717, 1.165) is 0 Å². The average Bonchev–Trinajstić information content (AvgIpc) is 2.28. The molecule has 8 heteroatoms. The highest BCUT2D eigenvalue weighted by Crippen LogP contribution is 2.08. The van der Waals surface area contributed by atoms with Gasteiger partial charge in [0, 0.05) is 5.46 Å². The van der Waals surface area contributed by atoms with Crippen LogP contribution < -0.4 is 21.4 Å². The number of benzene rings is 1. The summed E-state index contributed by atoms with van der Waals surface area (Å²) in [4.78, 5) is 10.4. The van der Waals surface area contributed by atoms with Crippen molar-refractivity contribution >= 4 is 24.8 Å². The van der Waals surface area contributed by atoms with Crippen LogP contribution in [0, 0.1) is 0 Å². The van der Waals surface area contributed by atoms with E-state index in [9.17, 15) is 4.79 Å². The largest absolute Gasteiger partial charge is 0.497 e. The molecular weight excluding hydrogens is 225 g/mol. The predicted molar refractivity (Wildman–Crippen MR) is 63.1 cm³/mol. The number of urea groups is 1. The summed E-state index contributed by atoms with van der Waals surface area (Å²) in [7, 11) is -0.230. The van der Waals surface area contributed by atoms with Crippen molar-refractivity contribution in [3.63, 3.8) is 0 Å². The Hall–Kier alpha value is -2.06. The molecule has 0 aliphatic rings. The summed E-state index contributed by atoms with van der Waals surface area (Å²) in [5.41, 5.74) is 7.60. The number of hydrogen-bond donors (Lipinski definition) is 4. The Morgan fingerprint density at radius 3 is 2.82 bits per heavy atom. The first-order valence-electron chi connectivity index (χ1n) is 4.67. The lowest BCUT2D eigenvalue weighted by molar-refractivity contribution is 0.249. The Balaban J connectivity index is 2.92. The van der Waals surface area contributed by atoms with E-state index in [2.05, 4.69) is 5.10 Å². The number of rotatable bonds is 4. The van der Waals surface area contributed by atoms with Gasteiger partial charge in [-0.25, -0.2) is 10.2 Å². The molecule has 0 heterocycles. The number of nitrogens with zero attached hydrogens (tertiary/aromatic N) is 1. The molecule has 0 spiro atoms. The molecule has 0 radical (unpaired) electrons. The number of methoxy groups -OCH3 is 1. The number of amides is 2. The Morgan fingerprint density at radius 1 is 1.59 bits per heavy atom. The molecular formula is C9H12BN3O4. The second-order valence-corrected chi connectivity index (χ2v) is 3.11. The maximum absolute atomic E-state index is 10.4. The zero-order valence-corrected chi connectivity index (χ0v) is 9.12. The zero-order valence-electron chi connectivity index (χ0n) is 9.12. The Kier molecular flexibility index (Phi) is 4.50. The highest BCUT2D eigenvalue weighted by Gasteiger charge is 2.16. The Labute approximate surface area is 98.0 Å². The molecule has 0 bridgehead atoms. The van der Waals surface area contributed by atoms with Crippen molar-refractivity contribution in [2.75, 3.05) is 7.11 Å². The second-order valence-electron chi connectivity index (χ2n) is 3.11. The van der Waals surface area contributed by atoms with Gasteiger partial charge >= 0.3 is 13.1 Å². The molecule has 0 aromatic heterocycles. The quantitative estimate of drug-likeness (QED) is 0.286. The standard InChI is InChI=1S/C9H12BN3O4/c1-17-8-3-2-6(4-7(8)10(15)16)5-12-13-9(11)14/h2-5,15-16H,1H3,(H3,11,13,14). The van der Waals surface area contributed by atoms with Gasteiger partial charge in [-0.05, 0) is 23.8 Å². The van der Waals surface area contributed by atoms with E-state index in [-0.39, 0.29) is 5.46 Å². The number of carbonyl (C=O) groups is 1. The summed E-state index contributed by atoms with van der Waals surface area (Å²) >= 11 is 0. The summed E-state index contributed by atoms with van der Waals surface area (Å²) in [5.74, 6) is 0.347. The molecule has 0 aliphatic carbocycles. The topological polar surface area (TPSA) is 117 Å². The van der Waals surface area contributed by atoms with Crippen LogP contribution in [0.5, 0.6) is 5.75 Å². The fourth-order valence-electron chi connectivity index (χ4n) is 1.21. The lowest BCUT2D eigenvalue weighted by Crippen LogP contribution is -2.31. The lowest BCUT2D eigenvalue weighted by atomic mass is 9.79. The first-order chi connectivity index (χ1) is 8.04. The van der Waals surface area contributed by atoms with Crippen LogP contribution in [0.4, 0.5) is 4.79 Å². The zero-order chi connectivity index (χ0) is 12.8. The highest BCUT2D eigenvalue weighted by atomic mass is 16.5. The fourth-order valence-corrected chi connectivity index (χ4v) is 1.21. The fraction of sp³-hybridized carbons (Fsp3) is 0.111. The predicted octanol–water partition coefficient (Wildman–Crippen LogP) is -1.62. The van der Waals surface area contributed by atoms with Gasteiger partial charge in [0.25, 0.3) is 0 Å². The third kappa shape index (κ3) is 3.78. The number of carbonyl (C=O) groups excluding carboxylic acids is 1. The third-order valence-electron chi connectivity index (χ3n) is 1.92. The van der Waals surface area contributed by atoms with E-state index in [1.54, 1.807) is 12.1 Å². The molecule has 1 aromatic carbocycles. The number of hydrogen-bond acceptors (Lipinski definition) is 5. The van der Waals surface area contributed by atoms with Crippen LogP contribution in [0.2, 0.25) is 0 Å². The van der Waals surface area contributed by atoms with Crippen LogP contribution in [0.3, 0.4) is 0 Å². The van der Waals surface area contributed by atoms with Crippen LogP contribution >= 0.6 is 0 Å². The maximum atomic E-state index is 10.4. The van der Waals surface area contributed by atoms with Crippen molar-refractivity contribution in [1.82, 2.24) is 5.43 Å². The van der Waals surface area contributed by atoms with Gasteiger partial charge in [-0.15, -0.1) is 0 Å². The van der Waals surface area contributed by atoms with Gasteiger partial charge in [0.2, 0.25) is 0 Å². The van der Waals surface area contributed by atoms with Gasteiger partial charge in [0.05, 0.1) is 13.3 Å². The summed E-state index contributed by atoms with van der Waals surface area (Å²) in [6.45, 7) is 0. The Bertz CT molecular complexity index is 436. The minimum absolute atomic E-state index is 0.204. The molecule has 7 nitrogen and oxygen atoms in total. The molecule has 0 atom stereocenters. The van der Waals surface area contributed by atoms with Crippen LogP contribution in [-0.2, 0) is 0 Å². The van der Waals surface area contributed by atoms with Crippen LogP contribution in [0.1, 0.15) is 5.56 Å². The van der Waals surface area contributed by atoms with Crippen molar-refractivity contribution in [3.8, 4) is 5.75 Å². The number of hydrazone groups is 1. The third-order valence-corrected chi connectivity index (χ3v) is 1.92. The van der Waals surface area contributed by atoms with E-state index >= 15 is 0 Å². The van der Waals surface area contributed by atoms with Gasteiger partial charge in [0.15, 0.2) is 0 Å². The number of ether oxygens (including phenoxy) is 1. The molecule has 90 valence electrons. The molecule has 17 heavy (non-hydrogen) atoms. The SMILES string of the molecule is COc1ccc(C=NNC(N)=O)cc1B(O)O. The molecule has 0 aliphatic heterocycles. The molecule has 1 aromatic rings. The van der Waals surface area contributed by atoms with E-state index in [1.807, 2.05) is 5.43 Å². The summed E-state index contributed by atoms with van der Waals surface area (Å²) in [6.07, 6.45) is 1.32. The second kappa shape index (κ2) is 5.87. The van der Waals surface area contributed by atoms with E-state index in [4.69, 9.17) is 20.5 Å². The van der Waals surface area contributed by atoms with Crippen molar-refractivity contribution in [3.05, 3.63) is 23.8 Å². The van der Waals surface area contributed by atoms with Crippen LogP contribution in [0.25, 0.3) is 0 Å². The monoisotopic (exact) mass is 237 g/mol. The van der Waals surface area contributed by atoms with Crippen LogP contribution in [0.15, 0.2) is 23.3 Å². The van der Waals surface area contributed by atoms with Crippen molar-refractivity contribution in [2.24, 2.45) is 10.8 Å². The van der Waals surface area contributed by atoms with Gasteiger partial charge in [-0.2, -0.15) is 5.10 Å². The van der Waals surface area contributed by atoms with Crippen molar-refractivity contribution in [2.45, 2.75) is 0 Å². The summed E-state index contributed by atoms with van der Waals surface area (Å²) in [6, 6.07) is 3.88. The maximum Gasteiger partial charge on any atom is 0.492 e. The van der Waals surface area contributed by atoms with Gasteiger partial charge in [-0.3, -0.25) is 0 Å². The van der Waals surface area contributed by atoms with E-state index in [0.29, 0.717) is 11.3 Å². The smallest absolute Gasteiger partial charge is 0.492 e. The summed E-state index contributed by atoms with van der Waals surface area (Å²) < 4.78 is 4.95. The highest BCUT2D eigenvalue weighted by molar-refractivity contribution is 6.59. The molecule has 0 saturated heterocycles.